The summed E-state index contributed by atoms with van der Waals surface area (Å²) in [6.45, 7) is 8.07. The summed E-state index contributed by atoms with van der Waals surface area (Å²) in [6, 6.07) is 0.526. The molecule has 1 atom stereocenters. The molecule has 1 saturated carbocycles. The van der Waals surface area contributed by atoms with Gasteiger partial charge in [-0.2, -0.15) is 4.98 Å². The number of carbonyl (C=O) groups excluding carboxylic acids is 1. The molecule has 7 heteroatoms. The standard InChI is InChI=1S/C17H29N5O2/c1-13(17-18-14(2)20-24-17)22-10-8-21(9-11-22)12-16(23)19-15-6-4-3-5-7-15/h13,15H,3-12H2,1-2H3,(H,19,23)/t13-/m0/s1. The number of aryl methyl sites for hydroxylation is 1. The van der Waals surface area contributed by atoms with E-state index < -0.39 is 0 Å². The lowest BCUT2D eigenvalue weighted by Gasteiger charge is -2.36. The van der Waals surface area contributed by atoms with Gasteiger partial charge < -0.3 is 9.84 Å². The number of amides is 1. The molecule has 1 N–H and O–H groups in total. The van der Waals surface area contributed by atoms with E-state index in [1.807, 2.05) is 6.92 Å². The Morgan fingerprint density at radius 2 is 1.96 bits per heavy atom. The van der Waals surface area contributed by atoms with Gasteiger partial charge in [0.1, 0.15) is 0 Å². The molecule has 134 valence electrons. The van der Waals surface area contributed by atoms with Crippen molar-refractivity contribution >= 4 is 5.91 Å². The maximum Gasteiger partial charge on any atom is 0.243 e. The minimum absolute atomic E-state index is 0.129. The number of carbonyl (C=O) groups is 1. The molecule has 0 unspecified atom stereocenters. The predicted molar refractivity (Wildman–Crippen MR) is 90.5 cm³/mol. The van der Waals surface area contributed by atoms with Crippen molar-refractivity contribution in [2.24, 2.45) is 0 Å². The highest BCUT2D eigenvalue weighted by molar-refractivity contribution is 5.78. The molecule has 0 aromatic carbocycles. The summed E-state index contributed by atoms with van der Waals surface area (Å²) >= 11 is 0. The van der Waals surface area contributed by atoms with Gasteiger partial charge in [-0.3, -0.25) is 14.6 Å². The highest BCUT2D eigenvalue weighted by Crippen LogP contribution is 2.20. The Labute approximate surface area is 143 Å². The van der Waals surface area contributed by atoms with Crippen LogP contribution in [0.2, 0.25) is 0 Å². The van der Waals surface area contributed by atoms with Crippen LogP contribution >= 0.6 is 0 Å². The number of nitrogens with zero attached hydrogens (tertiary/aromatic N) is 4. The van der Waals surface area contributed by atoms with Crippen molar-refractivity contribution < 1.29 is 9.32 Å². The first-order valence-corrected chi connectivity index (χ1v) is 9.18. The second kappa shape index (κ2) is 8.07. The number of hydrogen-bond acceptors (Lipinski definition) is 6. The Bertz CT molecular complexity index is 533. The van der Waals surface area contributed by atoms with E-state index in [0.717, 1.165) is 39.0 Å². The Morgan fingerprint density at radius 3 is 2.58 bits per heavy atom. The maximum absolute atomic E-state index is 12.2. The quantitative estimate of drug-likeness (QED) is 0.879. The Hall–Kier alpha value is -1.47. The van der Waals surface area contributed by atoms with Gasteiger partial charge in [-0.1, -0.05) is 24.4 Å². The molecule has 1 amide bonds. The first-order valence-electron chi connectivity index (χ1n) is 9.18. The predicted octanol–water partition coefficient (Wildman–Crippen LogP) is 1.51. The van der Waals surface area contributed by atoms with Crippen LogP contribution in [0.4, 0.5) is 0 Å². The van der Waals surface area contributed by atoms with E-state index in [4.69, 9.17) is 4.52 Å². The minimum Gasteiger partial charge on any atom is -0.352 e. The van der Waals surface area contributed by atoms with Gasteiger partial charge >= 0.3 is 0 Å². The molecule has 0 spiro atoms. The van der Waals surface area contributed by atoms with Crippen LogP contribution in [0.5, 0.6) is 0 Å². The van der Waals surface area contributed by atoms with Crippen molar-refractivity contribution in [3.8, 4) is 0 Å². The van der Waals surface area contributed by atoms with E-state index in [9.17, 15) is 4.79 Å². The molecular formula is C17H29N5O2. The number of nitrogens with one attached hydrogen (secondary N) is 1. The van der Waals surface area contributed by atoms with Crippen LogP contribution in [0.15, 0.2) is 4.52 Å². The topological polar surface area (TPSA) is 74.5 Å². The molecule has 1 aliphatic heterocycles. The maximum atomic E-state index is 12.2. The second-order valence-corrected chi connectivity index (χ2v) is 7.07. The summed E-state index contributed by atoms with van der Waals surface area (Å²) < 4.78 is 5.27. The fourth-order valence-electron chi connectivity index (χ4n) is 3.67. The van der Waals surface area contributed by atoms with Crippen LogP contribution in [0, 0.1) is 6.92 Å². The number of rotatable bonds is 5. The third-order valence-corrected chi connectivity index (χ3v) is 5.19. The molecule has 24 heavy (non-hydrogen) atoms. The normalized spacial score (nSPS) is 22.4. The largest absolute Gasteiger partial charge is 0.352 e. The van der Waals surface area contributed by atoms with Gasteiger partial charge in [0.15, 0.2) is 5.82 Å². The van der Waals surface area contributed by atoms with Gasteiger partial charge in [-0.15, -0.1) is 0 Å². The van der Waals surface area contributed by atoms with Crippen LogP contribution < -0.4 is 5.32 Å². The van der Waals surface area contributed by atoms with E-state index >= 15 is 0 Å². The average molecular weight is 335 g/mol. The molecule has 2 heterocycles. The van der Waals surface area contributed by atoms with E-state index in [2.05, 4.69) is 32.2 Å². The van der Waals surface area contributed by atoms with Crippen molar-refractivity contribution in [2.45, 2.75) is 58.0 Å². The van der Waals surface area contributed by atoms with E-state index in [0.29, 0.717) is 24.3 Å². The highest BCUT2D eigenvalue weighted by Gasteiger charge is 2.26. The zero-order valence-corrected chi connectivity index (χ0v) is 14.8. The Kier molecular flexibility index (Phi) is 5.84. The summed E-state index contributed by atoms with van der Waals surface area (Å²) in [7, 11) is 0. The zero-order valence-electron chi connectivity index (χ0n) is 14.8. The van der Waals surface area contributed by atoms with Crippen LogP contribution in [0.1, 0.15) is 56.8 Å². The van der Waals surface area contributed by atoms with Crippen molar-refractivity contribution in [2.75, 3.05) is 32.7 Å². The second-order valence-electron chi connectivity index (χ2n) is 7.07. The molecule has 2 aliphatic rings. The van der Waals surface area contributed by atoms with Crippen molar-refractivity contribution in [3.63, 3.8) is 0 Å². The van der Waals surface area contributed by atoms with E-state index in [1.54, 1.807) is 0 Å². The summed E-state index contributed by atoms with van der Waals surface area (Å²) in [5.41, 5.74) is 0. The van der Waals surface area contributed by atoms with E-state index in [1.165, 1.54) is 19.3 Å². The van der Waals surface area contributed by atoms with Gasteiger partial charge in [0.25, 0.3) is 0 Å². The third-order valence-electron chi connectivity index (χ3n) is 5.19. The fraction of sp³-hybridized carbons (Fsp3) is 0.824. The highest BCUT2D eigenvalue weighted by atomic mass is 16.5. The van der Waals surface area contributed by atoms with Crippen LogP contribution in [-0.4, -0.2) is 64.6 Å². The summed E-state index contributed by atoms with van der Waals surface area (Å²) in [5, 5.41) is 7.07. The lowest BCUT2D eigenvalue weighted by atomic mass is 9.95. The molecule has 1 aliphatic carbocycles. The van der Waals surface area contributed by atoms with Gasteiger partial charge in [0.2, 0.25) is 11.8 Å². The zero-order chi connectivity index (χ0) is 16.9. The van der Waals surface area contributed by atoms with Gasteiger partial charge in [0.05, 0.1) is 12.6 Å². The summed E-state index contributed by atoms with van der Waals surface area (Å²) in [6.07, 6.45) is 6.08. The molecule has 1 aromatic heterocycles. The number of aromatic nitrogens is 2. The number of piperazine rings is 1. The van der Waals surface area contributed by atoms with Crippen molar-refractivity contribution in [1.82, 2.24) is 25.3 Å². The van der Waals surface area contributed by atoms with Crippen molar-refractivity contribution in [3.05, 3.63) is 11.7 Å². The van der Waals surface area contributed by atoms with Crippen LogP contribution in [-0.2, 0) is 4.79 Å². The molecule has 0 radical (unpaired) electrons. The fourth-order valence-corrected chi connectivity index (χ4v) is 3.67. The molecule has 1 saturated heterocycles. The average Bonchev–Trinajstić information content (AvgIpc) is 3.02. The van der Waals surface area contributed by atoms with Gasteiger partial charge in [-0.05, 0) is 26.7 Å². The molecular weight excluding hydrogens is 306 g/mol. The smallest absolute Gasteiger partial charge is 0.243 e. The monoisotopic (exact) mass is 335 g/mol. The van der Waals surface area contributed by atoms with Gasteiger partial charge in [-0.25, -0.2) is 0 Å². The molecule has 7 nitrogen and oxygen atoms in total. The van der Waals surface area contributed by atoms with Crippen LogP contribution in [0.3, 0.4) is 0 Å². The molecule has 1 aromatic rings. The Morgan fingerprint density at radius 1 is 1.25 bits per heavy atom. The summed E-state index contributed by atoms with van der Waals surface area (Å²) in [4.78, 5) is 21.1. The lowest BCUT2D eigenvalue weighted by molar-refractivity contribution is -0.123. The van der Waals surface area contributed by atoms with E-state index in [-0.39, 0.29) is 11.9 Å². The molecule has 2 fully saturated rings. The SMILES string of the molecule is Cc1noc([C@H](C)N2CCN(CC(=O)NC3CCCCC3)CC2)n1. The summed E-state index contributed by atoms with van der Waals surface area (Å²) in [5.74, 6) is 1.53. The third kappa shape index (κ3) is 4.54. The minimum atomic E-state index is 0.129. The molecule has 3 rings (SSSR count). The van der Waals surface area contributed by atoms with Crippen LogP contribution in [0.25, 0.3) is 0 Å². The van der Waals surface area contributed by atoms with Gasteiger partial charge in [0, 0.05) is 32.2 Å². The Balaban J connectivity index is 1.40. The number of hydrogen-bond donors (Lipinski definition) is 1. The lowest BCUT2D eigenvalue weighted by Crippen LogP contribution is -2.51. The van der Waals surface area contributed by atoms with Crippen molar-refractivity contribution in [1.29, 1.82) is 0 Å². The first-order chi connectivity index (χ1) is 11.6. The molecule has 0 bridgehead atoms. The first kappa shape index (κ1) is 17.4.